The van der Waals surface area contributed by atoms with Crippen molar-refractivity contribution in [3.63, 3.8) is 0 Å². The van der Waals surface area contributed by atoms with E-state index >= 15 is 0 Å². The Balaban J connectivity index is 1.71. The minimum atomic E-state index is -0.620. The quantitative estimate of drug-likeness (QED) is 0.624. The van der Waals surface area contributed by atoms with Gasteiger partial charge in [-0.2, -0.15) is 0 Å². The number of ketones is 2. The van der Waals surface area contributed by atoms with E-state index in [-0.39, 0.29) is 29.4 Å². The number of benzene rings is 1. The fourth-order valence-electron chi connectivity index (χ4n) is 5.33. The van der Waals surface area contributed by atoms with Crippen molar-refractivity contribution in [2.75, 3.05) is 0 Å². The molecule has 0 unspecified atom stereocenters. The molecule has 1 N–H and O–H groups in total. The van der Waals surface area contributed by atoms with Gasteiger partial charge in [0.15, 0.2) is 0 Å². The van der Waals surface area contributed by atoms with E-state index in [0.717, 1.165) is 47.9 Å². The molecule has 1 aromatic rings. The topological polar surface area (TPSA) is 63.2 Å². The standard InChI is InChI=1S/C25H31NO3/c1-5-6-18-11-15(2)24(16(3)12-18)25-22(28)13-20(14-23(25)29)19-7-9-21(10-8-19)26-17(4)27/h11-12,19-21,25H,7-10,13-14H2,1-4H3,(H,26,27)/t19-,20?,21-,25?. The highest BCUT2D eigenvalue weighted by Gasteiger charge is 2.41. The van der Waals surface area contributed by atoms with Crippen LogP contribution in [0.1, 0.15) is 80.5 Å². The summed E-state index contributed by atoms with van der Waals surface area (Å²) in [6, 6.07) is 4.20. The van der Waals surface area contributed by atoms with E-state index < -0.39 is 5.92 Å². The van der Waals surface area contributed by atoms with Gasteiger partial charge in [0.25, 0.3) is 0 Å². The van der Waals surface area contributed by atoms with Crippen molar-refractivity contribution in [2.45, 2.75) is 78.2 Å². The molecule has 0 radical (unpaired) electrons. The lowest BCUT2D eigenvalue weighted by Crippen LogP contribution is -2.40. The lowest BCUT2D eigenvalue weighted by molar-refractivity contribution is -0.134. The predicted molar refractivity (Wildman–Crippen MR) is 114 cm³/mol. The SMILES string of the molecule is CC#Cc1cc(C)c(C2C(=O)CC([C@H]3CC[C@H](NC(C)=O)CC3)CC2=O)c(C)c1. The van der Waals surface area contributed by atoms with E-state index in [0.29, 0.717) is 18.8 Å². The van der Waals surface area contributed by atoms with E-state index in [1.807, 2.05) is 26.0 Å². The van der Waals surface area contributed by atoms with Crippen molar-refractivity contribution in [3.8, 4) is 11.8 Å². The molecule has 0 aliphatic heterocycles. The average molecular weight is 394 g/mol. The highest BCUT2D eigenvalue weighted by atomic mass is 16.2. The van der Waals surface area contributed by atoms with Gasteiger partial charge in [0.1, 0.15) is 17.5 Å². The van der Waals surface area contributed by atoms with Crippen molar-refractivity contribution in [1.29, 1.82) is 0 Å². The Morgan fingerprint density at radius 1 is 0.966 bits per heavy atom. The molecule has 0 spiro atoms. The van der Waals surface area contributed by atoms with Crippen LogP contribution < -0.4 is 5.32 Å². The number of carbonyl (C=O) groups is 3. The highest BCUT2D eigenvalue weighted by Crippen LogP contribution is 2.41. The van der Waals surface area contributed by atoms with Crippen LogP contribution in [-0.4, -0.2) is 23.5 Å². The van der Waals surface area contributed by atoms with E-state index in [9.17, 15) is 14.4 Å². The molecular formula is C25H31NO3. The summed E-state index contributed by atoms with van der Waals surface area (Å²) in [6.07, 6.45) is 4.80. The van der Waals surface area contributed by atoms with Crippen LogP contribution in [0, 0.1) is 37.5 Å². The van der Waals surface area contributed by atoms with Gasteiger partial charge >= 0.3 is 0 Å². The lowest BCUT2D eigenvalue weighted by atomic mass is 9.67. The van der Waals surface area contributed by atoms with Gasteiger partial charge in [0, 0.05) is 31.4 Å². The third-order valence-electron chi connectivity index (χ3n) is 6.57. The van der Waals surface area contributed by atoms with Crippen LogP contribution in [0.2, 0.25) is 0 Å². The van der Waals surface area contributed by atoms with Crippen LogP contribution >= 0.6 is 0 Å². The Morgan fingerprint density at radius 3 is 2.00 bits per heavy atom. The summed E-state index contributed by atoms with van der Waals surface area (Å²) in [5.74, 6) is 6.04. The van der Waals surface area contributed by atoms with E-state index in [1.165, 1.54) is 0 Å². The zero-order chi connectivity index (χ0) is 21.1. The van der Waals surface area contributed by atoms with Crippen molar-refractivity contribution < 1.29 is 14.4 Å². The molecule has 0 saturated heterocycles. The Bertz CT molecular complexity index is 840. The molecule has 4 nitrogen and oxygen atoms in total. The normalized spacial score (nSPS) is 27.2. The fourth-order valence-corrected chi connectivity index (χ4v) is 5.33. The Kier molecular flexibility index (Phi) is 6.57. The first-order valence-corrected chi connectivity index (χ1v) is 10.7. The van der Waals surface area contributed by atoms with Crippen LogP contribution in [0.15, 0.2) is 12.1 Å². The third-order valence-corrected chi connectivity index (χ3v) is 6.57. The molecule has 2 fully saturated rings. The number of hydrogen-bond donors (Lipinski definition) is 1. The number of amides is 1. The molecule has 4 heteroatoms. The number of rotatable bonds is 3. The van der Waals surface area contributed by atoms with Gasteiger partial charge in [-0.05, 0) is 87.1 Å². The monoisotopic (exact) mass is 393 g/mol. The summed E-state index contributed by atoms with van der Waals surface area (Å²) in [5.41, 5.74) is 3.76. The summed E-state index contributed by atoms with van der Waals surface area (Å²) < 4.78 is 0. The van der Waals surface area contributed by atoms with Gasteiger partial charge in [-0.25, -0.2) is 0 Å². The average Bonchev–Trinajstić information content (AvgIpc) is 2.63. The zero-order valence-electron chi connectivity index (χ0n) is 17.9. The Morgan fingerprint density at radius 2 is 1.52 bits per heavy atom. The molecule has 3 rings (SSSR count). The fraction of sp³-hybridized carbons (Fsp3) is 0.560. The van der Waals surface area contributed by atoms with Crippen LogP contribution in [0.25, 0.3) is 0 Å². The molecule has 1 aromatic carbocycles. The van der Waals surface area contributed by atoms with Crippen molar-refractivity contribution in [2.24, 2.45) is 11.8 Å². The molecule has 2 saturated carbocycles. The molecule has 0 heterocycles. The van der Waals surface area contributed by atoms with Crippen molar-refractivity contribution in [3.05, 3.63) is 34.4 Å². The number of nitrogens with one attached hydrogen (secondary N) is 1. The summed E-state index contributed by atoms with van der Waals surface area (Å²) in [7, 11) is 0. The van der Waals surface area contributed by atoms with Gasteiger partial charge in [-0.1, -0.05) is 5.92 Å². The smallest absolute Gasteiger partial charge is 0.217 e. The minimum absolute atomic E-state index is 0.0148. The van der Waals surface area contributed by atoms with Crippen LogP contribution in [0.4, 0.5) is 0 Å². The van der Waals surface area contributed by atoms with Gasteiger partial charge in [-0.15, -0.1) is 5.92 Å². The first-order chi connectivity index (χ1) is 13.8. The molecule has 0 bridgehead atoms. The van der Waals surface area contributed by atoms with Gasteiger partial charge in [0.2, 0.25) is 5.91 Å². The first-order valence-electron chi connectivity index (χ1n) is 10.7. The first kappa shape index (κ1) is 21.3. The maximum Gasteiger partial charge on any atom is 0.217 e. The second-order valence-electron chi connectivity index (χ2n) is 8.74. The Labute approximate surface area is 173 Å². The molecule has 0 atom stereocenters. The molecular weight excluding hydrogens is 362 g/mol. The third kappa shape index (κ3) is 4.78. The summed E-state index contributed by atoms with van der Waals surface area (Å²) in [5, 5.41) is 2.99. The molecule has 29 heavy (non-hydrogen) atoms. The van der Waals surface area contributed by atoms with Gasteiger partial charge in [-0.3, -0.25) is 14.4 Å². The number of hydrogen-bond acceptors (Lipinski definition) is 3. The maximum atomic E-state index is 13.1. The zero-order valence-corrected chi connectivity index (χ0v) is 17.9. The minimum Gasteiger partial charge on any atom is -0.354 e. The van der Waals surface area contributed by atoms with E-state index in [1.54, 1.807) is 13.8 Å². The highest BCUT2D eigenvalue weighted by molar-refractivity contribution is 6.10. The van der Waals surface area contributed by atoms with Crippen LogP contribution in [-0.2, 0) is 14.4 Å². The van der Waals surface area contributed by atoms with Gasteiger partial charge in [0.05, 0.1) is 0 Å². The number of Topliss-reactive ketones (excluding diaryl/α,β-unsaturated/α-hetero) is 2. The Hall–Kier alpha value is -2.41. The van der Waals surface area contributed by atoms with Crippen LogP contribution in [0.5, 0.6) is 0 Å². The van der Waals surface area contributed by atoms with Crippen LogP contribution in [0.3, 0.4) is 0 Å². The maximum absolute atomic E-state index is 13.1. The summed E-state index contributed by atoms with van der Waals surface area (Å²) in [4.78, 5) is 37.4. The largest absolute Gasteiger partial charge is 0.354 e. The second kappa shape index (κ2) is 8.95. The van der Waals surface area contributed by atoms with Gasteiger partial charge < -0.3 is 5.32 Å². The van der Waals surface area contributed by atoms with E-state index in [4.69, 9.17) is 0 Å². The summed E-state index contributed by atoms with van der Waals surface area (Å²) >= 11 is 0. The number of carbonyl (C=O) groups excluding carboxylic acids is 3. The predicted octanol–water partition coefficient (Wildman–Crippen LogP) is 4.00. The molecule has 1 amide bonds. The summed E-state index contributed by atoms with van der Waals surface area (Å²) in [6.45, 7) is 7.30. The van der Waals surface area contributed by atoms with E-state index in [2.05, 4.69) is 17.2 Å². The molecule has 2 aliphatic rings. The molecule has 0 aromatic heterocycles. The lowest BCUT2D eigenvalue weighted by Gasteiger charge is -2.37. The molecule has 154 valence electrons. The number of aryl methyl sites for hydroxylation is 2. The second-order valence-corrected chi connectivity index (χ2v) is 8.74. The van der Waals surface area contributed by atoms with Crippen molar-refractivity contribution >= 4 is 17.5 Å². The molecule has 2 aliphatic carbocycles. The van der Waals surface area contributed by atoms with Crippen molar-refractivity contribution in [1.82, 2.24) is 5.32 Å².